The average molecular weight is 281 g/mol. The van der Waals surface area contributed by atoms with Gasteiger partial charge in [0.2, 0.25) is 11.8 Å². The summed E-state index contributed by atoms with van der Waals surface area (Å²) in [4.78, 5) is 34.1. The molecule has 17 heavy (non-hydrogen) atoms. The number of nitrogens with zero attached hydrogens (tertiary/aromatic N) is 1. The molecule has 0 aromatic carbocycles. The zero-order valence-corrected chi connectivity index (χ0v) is 10.9. The number of carbonyl (C=O) groups is 3. The third-order valence-electron chi connectivity index (χ3n) is 2.09. The number of primary amides is 1. The molecule has 0 fully saturated rings. The molecule has 3 amide bonds. The van der Waals surface area contributed by atoms with Crippen LogP contribution >= 0.6 is 25.3 Å². The number of hydrogen-bond acceptors (Lipinski definition) is 5. The first-order valence-electron chi connectivity index (χ1n) is 4.62. The summed E-state index contributed by atoms with van der Waals surface area (Å²) in [6.45, 7) is 0. The number of amides is 3. The monoisotopic (exact) mass is 281 g/mol. The lowest BCUT2D eigenvalue weighted by Gasteiger charge is -2.24. The highest BCUT2D eigenvalue weighted by atomic mass is 32.1. The second kappa shape index (κ2) is 7.28. The fraction of sp³-hybridized carbons (Fsp3) is 0.625. The Labute approximate surface area is 110 Å². The van der Waals surface area contributed by atoms with Crippen LogP contribution in [0.1, 0.15) is 0 Å². The Bertz CT molecular complexity index is 313. The fourth-order valence-corrected chi connectivity index (χ4v) is 1.67. The number of nitrogens with one attached hydrogen (secondary N) is 1. The van der Waals surface area contributed by atoms with Crippen LogP contribution in [0.15, 0.2) is 0 Å². The summed E-state index contributed by atoms with van der Waals surface area (Å²) in [6.07, 6.45) is -1.26. The van der Waals surface area contributed by atoms with Gasteiger partial charge in [0.05, 0.1) is 0 Å². The van der Waals surface area contributed by atoms with Crippen molar-refractivity contribution in [2.24, 2.45) is 5.73 Å². The van der Waals surface area contributed by atoms with Crippen molar-refractivity contribution < 1.29 is 19.5 Å². The van der Waals surface area contributed by atoms with E-state index in [1.165, 1.54) is 7.05 Å². The van der Waals surface area contributed by atoms with Gasteiger partial charge in [-0.05, 0) is 0 Å². The molecule has 0 aromatic heterocycles. The Kier molecular flexibility index (Phi) is 6.81. The Morgan fingerprint density at radius 2 is 1.88 bits per heavy atom. The highest BCUT2D eigenvalue weighted by Gasteiger charge is 2.28. The molecule has 0 saturated carbocycles. The average Bonchev–Trinajstić information content (AvgIpc) is 2.25. The van der Waals surface area contributed by atoms with E-state index in [2.05, 4.69) is 30.6 Å². The molecule has 0 spiro atoms. The van der Waals surface area contributed by atoms with E-state index in [4.69, 9.17) is 10.8 Å². The Balaban J connectivity index is 4.65. The molecule has 2 unspecified atom stereocenters. The topological polar surface area (TPSA) is 113 Å². The summed E-state index contributed by atoms with van der Waals surface area (Å²) in [6, 6.07) is -1.92. The molecule has 2 atom stereocenters. The van der Waals surface area contributed by atoms with Gasteiger partial charge >= 0.3 is 6.09 Å². The van der Waals surface area contributed by atoms with Crippen LogP contribution in [-0.4, -0.2) is 58.6 Å². The smallest absolute Gasteiger partial charge is 0.407 e. The van der Waals surface area contributed by atoms with E-state index in [1.54, 1.807) is 0 Å². The van der Waals surface area contributed by atoms with Gasteiger partial charge in [-0.1, -0.05) is 0 Å². The SMILES string of the molecule is CN(C(=O)O)C(CS)C(=O)NC(CS)C(N)=O. The van der Waals surface area contributed by atoms with Crippen molar-refractivity contribution >= 4 is 43.2 Å². The van der Waals surface area contributed by atoms with Crippen LogP contribution in [-0.2, 0) is 9.59 Å². The van der Waals surface area contributed by atoms with Crippen LogP contribution in [0.3, 0.4) is 0 Å². The minimum atomic E-state index is -1.26. The minimum Gasteiger partial charge on any atom is -0.465 e. The van der Waals surface area contributed by atoms with Gasteiger partial charge in [-0.2, -0.15) is 25.3 Å². The summed E-state index contributed by atoms with van der Waals surface area (Å²) in [5, 5.41) is 11.0. The molecular formula is C8H15N3O4S2. The van der Waals surface area contributed by atoms with E-state index in [-0.39, 0.29) is 11.5 Å². The highest BCUT2D eigenvalue weighted by molar-refractivity contribution is 7.80. The maximum absolute atomic E-state index is 11.7. The molecule has 4 N–H and O–H groups in total. The van der Waals surface area contributed by atoms with Crippen LogP contribution in [0.4, 0.5) is 4.79 Å². The summed E-state index contributed by atoms with van der Waals surface area (Å²) in [7, 11) is 1.24. The molecule has 0 radical (unpaired) electrons. The van der Waals surface area contributed by atoms with Crippen LogP contribution < -0.4 is 11.1 Å². The number of carboxylic acid groups (broad SMARTS) is 1. The molecule has 0 heterocycles. The van der Waals surface area contributed by atoms with E-state index < -0.39 is 30.0 Å². The van der Waals surface area contributed by atoms with E-state index in [1.807, 2.05) is 0 Å². The van der Waals surface area contributed by atoms with Gasteiger partial charge in [-0.15, -0.1) is 0 Å². The largest absolute Gasteiger partial charge is 0.465 e. The third kappa shape index (κ3) is 4.73. The van der Waals surface area contributed by atoms with Gasteiger partial charge < -0.3 is 16.2 Å². The van der Waals surface area contributed by atoms with E-state index in [0.29, 0.717) is 0 Å². The first kappa shape index (κ1) is 15.9. The number of likely N-dealkylation sites (N-methyl/N-ethyl adjacent to an activating group) is 1. The van der Waals surface area contributed by atoms with Crippen LogP contribution in [0.25, 0.3) is 0 Å². The van der Waals surface area contributed by atoms with Crippen molar-refractivity contribution in [2.75, 3.05) is 18.6 Å². The molecule has 0 aliphatic heterocycles. The molecule has 0 aliphatic carbocycles. The summed E-state index contributed by atoms with van der Waals surface area (Å²) in [5.74, 6) is -1.34. The first-order valence-corrected chi connectivity index (χ1v) is 5.88. The van der Waals surface area contributed by atoms with Crippen molar-refractivity contribution in [3.8, 4) is 0 Å². The van der Waals surface area contributed by atoms with Gasteiger partial charge in [-0.25, -0.2) is 4.79 Å². The quantitative estimate of drug-likeness (QED) is 0.393. The molecule has 98 valence electrons. The molecule has 0 aliphatic rings. The molecule has 9 heteroatoms. The van der Waals surface area contributed by atoms with Crippen molar-refractivity contribution in [2.45, 2.75) is 12.1 Å². The van der Waals surface area contributed by atoms with Gasteiger partial charge in [-0.3, -0.25) is 14.5 Å². The summed E-state index contributed by atoms with van der Waals surface area (Å²) < 4.78 is 0. The predicted molar refractivity (Wildman–Crippen MR) is 68.4 cm³/mol. The third-order valence-corrected chi connectivity index (χ3v) is 2.80. The van der Waals surface area contributed by atoms with Crippen molar-refractivity contribution in [1.82, 2.24) is 10.2 Å². The molecule has 0 bridgehead atoms. The molecular weight excluding hydrogens is 266 g/mol. The molecule has 0 saturated heterocycles. The lowest BCUT2D eigenvalue weighted by Crippen LogP contribution is -2.54. The van der Waals surface area contributed by atoms with Gasteiger partial charge in [0, 0.05) is 18.6 Å². The van der Waals surface area contributed by atoms with Gasteiger partial charge in [0.1, 0.15) is 12.1 Å². The van der Waals surface area contributed by atoms with E-state index in [9.17, 15) is 14.4 Å². The highest BCUT2D eigenvalue weighted by Crippen LogP contribution is 2.01. The predicted octanol–water partition coefficient (Wildman–Crippen LogP) is -1.21. The lowest BCUT2D eigenvalue weighted by molar-refractivity contribution is -0.129. The maximum Gasteiger partial charge on any atom is 0.407 e. The van der Waals surface area contributed by atoms with Crippen molar-refractivity contribution in [3.63, 3.8) is 0 Å². The van der Waals surface area contributed by atoms with Gasteiger partial charge in [0.15, 0.2) is 0 Å². The summed E-state index contributed by atoms with van der Waals surface area (Å²) >= 11 is 7.75. The number of rotatable bonds is 6. The normalized spacial score (nSPS) is 13.6. The fourth-order valence-electron chi connectivity index (χ4n) is 0.989. The Morgan fingerprint density at radius 1 is 1.35 bits per heavy atom. The van der Waals surface area contributed by atoms with Crippen molar-refractivity contribution in [3.05, 3.63) is 0 Å². The standard InChI is InChI=1S/C8H15N3O4S2/c1-11(8(14)15)5(3-17)7(13)10-4(2-16)6(9)12/h4-5,16-17H,2-3H2,1H3,(H2,9,12)(H,10,13)(H,14,15). The zero-order chi connectivity index (χ0) is 13.6. The second-order valence-corrected chi connectivity index (χ2v) is 3.97. The van der Waals surface area contributed by atoms with Crippen LogP contribution in [0, 0.1) is 0 Å². The number of nitrogens with two attached hydrogens (primary N) is 1. The Hall–Kier alpha value is -1.09. The zero-order valence-electron chi connectivity index (χ0n) is 9.16. The van der Waals surface area contributed by atoms with Crippen LogP contribution in [0.2, 0.25) is 0 Å². The lowest BCUT2D eigenvalue weighted by atomic mass is 10.2. The minimum absolute atomic E-state index is 0.00726. The maximum atomic E-state index is 11.7. The Morgan fingerprint density at radius 3 is 2.18 bits per heavy atom. The second-order valence-electron chi connectivity index (χ2n) is 3.24. The van der Waals surface area contributed by atoms with E-state index >= 15 is 0 Å². The first-order chi connectivity index (χ1) is 7.84. The van der Waals surface area contributed by atoms with Gasteiger partial charge in [0.25, 0.3) is 0 Å². The van der Waals surface area contributed by atoms with Crippen molar-refractivity contribution in [1.29, 1.82) is 0 Å². The number of thiol groups is 2. The molecule has 7 nitrogen and oxygen atoms in total. The van der Waals surface area contributed by atoms with E-state index in [0.717, 1.165) is 4.90 Å². The number of carbonyl (C=O) groups excluding carboxylic acids is 2. The molecule has 0 aromatic rings. The van der Waals surface area contributed by atoms with Crippen LogP contribution in [0.5, 0.6) is 0 Å². The summed E-state index contributed by atoms with van der Waals surface area (Å²) in [5.41, 5.74) is 5.02. The molecule has 0 rings (SSSR count). The number of hydrogen-bond donors (Lipinski definition) is 5.